The molecule has 0 unspecified atom stereocenters. The minimum Gasteiger partial charge on any atom is -0.478 e. The van der Waals surface area contributed by atoms with Crippen LogP contribution in [0.1, 0.15) is 23.7 Å². The number of carbonyl (C=O) groups excluding carboxylic acids is 1. The fraction of sp³-hybridized carbons (Fsp3) is 0.125. The maximum atomic E-state index is 13.2. The monoisotopic (exact) mass is 306 g/mol. The number of halogens is 2. The average molecular weight is 306 g/mol. The van der Waals surface area contributed by atoms with Crippen molar-refractivity contribution < 1.29 is 28.2 Å². The highest BCUT2D eigenvalue weighted by molar-refractivity contribution is 5.93. The molecule has 0 radical (unpaired) electrons. The number of hydrogen-bond acceptors (Lipinski definition) is 3. The summed E-state index contributed by atoms with van der Waals surface area (Å²) in [5.74, 6) is -3.54. The Balaban J connectivity index is 2.49. The lowest BCUT2D eigenvalue weighted by Gasteiger charge is -2.09. The zero-order valence-corrected chi connectivity index (χ0v) is 11.6. The molecule has 0 fully saturated rings. The number of benzene rings is 2. The van der Waals surface area contributed by atoms with E-state index in [1.165, 1.54) is 18.2 Å². The van der Waals surface area contributed by atoms with Gasteiger partial charge >= 0.3 is 11.9 Å². The molecule has 0 aliphatic heterocycles. The number of rotatable bonds is 4. The first kappa shape index (κ1) is 15.6. The topological polar surface area (TPSA) is 63.6 Å². The van der Waals surface area contributed by atoms with Crippen LogP contribution >= 0.6 is 0 Å². The third kappa shape index (κ3) is 3.46. The second-order valence-electron chi connectivity index (χ2n) is 4.50. The SMILES string of the molecule is CCC(=O)Oc1ccc(-c2cc(F)cc(F)c2)cc1C(=O)O. The largest absolute Gasteiger partial charge is 0.478 e. The molecule has 6 heteroatoms. The smallest absolute Gasteiger partial charge is 0.339 e. The summed E-state index contributed by atoms with van der Waals surface area (Å²) in [6.45, 7) is 1.58. The first-order chi connectivity index (χ1) is 10.4. The second kappa shape index (κ2) is 6.34. The van der Waals surface area contributed by atoms with E-state index in [0.29, 0.717) is 5.56 Å². The van der Waals surface area contributed by atoms with Crippen molar-refractivity contribution in [3.8, 4) is 16.9 Å². The van der Waals surface area contributed by atoms with Gasteiger partial charge in [-0.15, -0.1) is 0 Å². The Morgan fingerprint density at radius 2 is 1.68 bits per heavy atom. The van der Waals surface area contributed by atoms with E-state index < -0.39 is 23.6 Å². The molecule has 0 saturated carbocycles. The number of carboxylic acids is 1. The molecule has 0 atom stereocenters. The number of carboxylic acid groups (broad SMARTS) is 1. The molecule has 0 aromatic heterocycles. The van der Waals surface area contributed by atoms with Crippen molar-refractivity contribution in [1.82, 2.24) is 0 Å². The number of ether oxygens (including phenoxy) is 1. The zero-order chi connectivity index (χ0) is 16.3. The van der Waals surface area contributed by atoms with Crippen molar-refractivity contribution in [2.45, 2.75) is 13.3 Å². The van der Waals surface area contributed by atoms with Gasteiger partial charge in [-0.25, -0.2) is 13.6 Å². The van der Waals surface area contributed by atoms with Crippen LogP contribution in [0.3, 0.4) is 0 Å². The third-order valence-electron chi connectivity index (χ3n) is 2.92. The summed E-state index contributed by atoms with van der Waals surface area (Å²) in [5.41, 5.74) is 0.226. The minimum absolute atomic E-state index is 0.0932. The Bertz CT molecular complexity index is 721. The molecule has 4 nitrogen and oxygen atoms in total. The number of aromatic carboxylic acids is 1. The molecule has 0 spiro atoms. The lowest BCUT2D eigenvalue weighted by molar-refractivity contribution is -0.134. The predicted molar refractivity (Wildman–Crippen MR) is 74.7 cm³/mol. The lowest BCUT2D eigenvalue weighted by Crippen LogP contribution is -2.09. The van der Waals surface area contributed by atoms with Crippen LogP contribution in [0.25, 0.3) is 11.1 Å². The molecule has 0 heterocycles. The van der Waals surface area contributed by atoms with E-state index >= 15 is 0 Å². The van der Waals surface area contributed by atoms with Crippen molar-refractivity contribution >= 4 is 11.9 Å². The average Bonchev–Trinajstić information content (AvgIpc) is 2.46. The minimum atomic E-state index is -1.31. The van der Waals surface area contributed by atoms with Gasteiger partial charge in [0.15, 0.2) is 0 Å². The quantitative estimate of drug-likeness (QED) is 0.692. The molecule has 2 aromatic rings. The van der Waals surface area contributed by atoms with E-state index in [-0.39, 0.29) is 23.3 Å². The maximum absolute atomic E-state index is 13.2. The van der Waals surface area contributed by atoms with Crippen LogP contribution in [0.4, 0.5) is 8.78 Å². The van der Waals surface area contributed by atoms with Crippen molar-refractivity contribution in [2.24, 2.45) is 0 Å². The first-order valence-electron chi connectivity index (χ1n) is 6.45. The predicted octanol–water partition coefficient (Wildman–Crippen LogP) is 3.65. The molecular weight excluding hydrogens is 294 g/mol. The Morgan fingerprint density at radius 1 is 1.05 bits per heavy atom. The van der Waals surface area contributed by atoms with Crippen LogP contribution in [-0.2, 0) is 4.79 Å². The van der Waals surface area contributed by atoms with Crippen LogP contribution in [0, 0.1) is 11.6 Å². The van der Waals surface area contributed by atoms with E-state index in [1.54, 1.807) is 6.92 Å². The van der Waals surface area contributed by atoms with Gasteiger partial charge in [-0.05, 0) is 35.4 Å². The summed E-state index contributed by atoms with van der Waals surface area (Å²) in [6.07, 6.45) is 0.0932. The maximum Gasteiger partial charge on any atom is 0.339 e. The molecule has 0 amide bonds. The van der Waals surface area contributed by atoms with Gasteiger partial charge in [0.2, 0.25) is 0 Å². The van der Waals surface area contributed by atoms with Crippen LogP contribution in [0.5, 0.6) is 5.75 Å². The van der Waals surface area contributed by atoms with Gasteiger partial charge in [-0.2, -0.15) is 0 Å². The molecular formula is C16H12F2O4. The van der Waals surface area contributed by atoms with Gasteiger partial charge in [-0.3, -0.25) is 4.79 Å². The standard InChI is InChI=1S/C16H12F2O4/c1-2-15(19)22-14-4-3-9(7-13(14)16(20)21)10-5-11(17)8-12(18)6-10/h3-8H,2H2,1H3,(H,20,21). The number of esters is 1. The number of hydrogen-bond donors (Lipinski definition) is 1. The van der Waals surface area contributed by atoms with Crippen molar-refractivity contribution in [2.75, 3.05) is 0 Å². The van der Waals surface area contributed by atoms with Crippen LogP contribution < -0.4 is 4.74 Å². The Kier molecular flexibility index (Phi) is 4.50. The van der Waals surface area contributed by atoms with Gasteiger partial charge < -0.3 is 9.84 Å². The molecule has 2 rings (SSSR count). The van der Waals surface area contributed by atoms with Gasteiger partial charge in [-0.1, -0.05) is 13.0 Å². The van der Waals surface area contributed by atoms with Crippen LogP contribution in [0.15, 0.2) is 36.4 Å². The van der Waals surface area contributed by atoms with Gasteiger partial charge in [0, 0.05) is 12.5 Å². The van der Waals surface area contributed by atoms with E-state index in [2.05, 4.69) is 0 Å². The van der Waals surface area contributed by atoms with E-state index in [1.807, 2.05) is 0 Å². The summed E-state index contributed by atoms with van der Waals surface area (Å²) in [7, 11) is 0. The highest BCUT2D eigenvalue weighted by atomic mass is 19.1. The van der Waals surface area contributed by atoms with Gasteiger partial charge in [0.25, 0.3) is 0 Å². The summed E-state index contributed by atoms with van der Waals surface area (Å²) in [6, 6.07) is 6.81. The summed E-state index contributed by atoms with van der Waals surface area (Å²) in [5, 5.41) is 9.19. The Hall–Kier alpha value is -2.76. The molecule has 0 aliphatic carbocycles. The summed E-state index contributed by atoms with van der Waals surface area (Å²) < 4.78 is 31.4. The molecule has 0 aliphatic rings. The Labute approximate surface area is 125 Å². The van der Waals surface area contributed by atoms with E-state index in [0.717, 1.165) is 18.2 Å². The molecule has 1 N–H and O–H groups in total. The fourth-order valence-electron chi connectivity index (χ4n) is 1.88. The molecule has 0 saturated heterocycles. The highest BCUT2D eigenvalue weighted by Gasteiger charge is 2.16. The van der Waals surface area contributed by atoms with Crippen molar-refractivity contribution in [1.29, 1.82) is 0 Å². The van der Waals surface area contributed by atoms with Gasteiger partial charge in [0.05, 0.1) is 0 Å². The molecule has 114 valence electrons. The molecule has 2 aromatic carbocycles. The van der Waals surface area contributed by atoms with E-state index in [4.69, 9.17) is 4.74 Å². The fourth-order valence-corrected chi connectivity index (χ4v) is 1.88. The highest BCUT2D eigenvalue weighted by Crippen LogP contribution is 2.28. The molecule has 0 bridgehead atoms. The first-order valence-corrected chi connectivity index (χ1v) is 6.45. The summed E-state index contributed by atoms with van der Waals surface area (Å²) in [4.78, 5) is 22.6. The molecule has 22 heavy (non-hydrogen) atoms. The van der Waals surface area contributed by atoms with E-state index in [9.17, 15) is 23.5 Å². The van der Waals surface area contributed by atoms with Crippen LogP contribution in [-0.4, -0.2) is 17.0 Å². The second-order valence-corrected chi connectivity index (χ2v) is 4.50. The van der Waals surface area contributed by atoms with Crippen LogP contribution in [0.2, 0.25) is 0 Å². The van der Waals surface area contributed by atoms with Gasteiger partial charge in [0.1, 0.15) is 22.9 Å². The lowest BCUT2D eigenvalue weighted by atomic mass is 10.0. The van der Waals surface area contributed by atoms with Crippen molar-refractivity contribution in [3.63, 3.8) is 0 Å². The van der Waals surface area contributed by atoms with Crippen molar-refractivity contribution in [3.05, 3.63) is 53.6 Å². The zero-order valence-electron chi connectivity index (χ0n) is 11.6. The third-order valence-corrected chi connectivity index (χ3v) is 2.92. The summed E-state index contributed by atoms with van der Waals surface area (Å²) >= 11 is 0. The number of carbonyl (C=O) groups is 2. The normalized spacial score (nSPS) is 10.3. The Morgan fingerprint density at radius 3 is 2.23 bits per heavy atom.